The number of aliphatic carboxylic acids is 1. The maximum Gasteiger partial charge on any atom is 0.336 e. The lowest BCUT2D eigenvalue weighted by Gasteiger charge is -2.16. The van der Waals surface area contributed by atoms with Crippen LogP contribution in [-0.2, 0) is 61.2 Å². The molecule has 266 valence electrons. The normalized spacial score (nSPS) is 13.3. The minimum absolute atomic E-state index is 0.0746. The van der Waals surface area contributed by atoms with Crippen LogP contribution in [0.2, 0.25) is 0 Å². The number of nitrogens with two attached hydrogens (primary N) is 2. The van der Waals surface area contributed by atoms with E-state index in [9.17, 15) is 33.6 Å². The summed E-state index contributed by atoms with van der Waals surface area (Å²) in [7, 11) is 0. The summed E-state index contributed by atoms with van der Waals surface area (Å²) >= 11 is 0. The lowest BCUT2D eigenvalue weighted by Crippen LogP contribution is -2.43. The molecule has 2 aromatic carbocycles. The Morgan fingerprint density at radius 2 is 1.14 bits per heavy atom. The zero-order valence-electron chi connectivity index (χ0n) is 26.7. The van der Waals surface area contributed by atoms with Gasteiger partial charge in [-0.25, -0.2) is 4.79 Å². The highest BCUT2D eigenvalue weighted by atomic mass is 17.3. The van der Waals surface area contributed by atoms with Crippen LogP contribution < -0.4 is 37.5 Å². The number of benzene rings is 2. The van der Waals surface area contributed by atoms with Gasteiger partial charge in [-0.05, 0) is 48.2 Å². The summed E-state index contributed by atoms with van der Waals surface area (Å²) in [6.07, 6.45) is 0.976. The predicted molar refractivity (Wildman–Crippen MR) is 164 cm³/mol. The number of hydrogen-bond donors (Lipinski definition) is 6. The van der Waals surface area contributed by atoms with Gasteiger partial charge >= 0.3 is 11.9 Å². The fourth-order valence-corrected chi connectivity index (χ4v) is 4.01. The molecule has 2 unspecified atom stereocenters. The molecule has 19 heteroatoms. The molecule has 1 fully saturated rings. The predicted octanol–water partition coefficient (Wildman–Crippen LogP) is -0.861. The van der Waals surface area contributed by atoms with Crippen LogP contribution in [0.3, 0.4) is 0 Å². The van der Waals surface area contributed by atoms with Crippen LogP contribution in [0.1, 0.15) is 37.8 Å². The van der Waals surface area contributed by atoms with Crippen molar-refractivity contribution < 1.29 is 63.3 Å². The second kappa shape index (κ2) is 20.6. The number of amides is 5. The molecule has 1 aliphatic rings. The molecule has 2 aromatic rings. The first-order valence-corrected chi connectivity index (χ1v) is 14.7. The van der Waals surface area contributed by atoms with Gasteiger partial charge in [-0.3, -0.25) is 28.8 Å². The Labute approximate surface area is 279 Å². The third-order valence-corrected chi connectivity index (χ3v) is 6.56. The van der Waals surface area contributed by atoms with E-state index >= 15 is 0 Å². The van der Waals surface area contributed by atoms with Gasteiger partial charge in [-0.15, -0.1) is 5.06 Å². The van der Waals surface area contributed by atoms with Crippen LogP contribution in [0.5, 0.6) is 11.5 Å². The Balaban J connectivity index is 0.000000347. The molecule has 1 saturated heterocycles. The van der Waals surface area contributed by atoms with E-state index in [4.69, 9.17) is 21.7 Å². The molecule has 0 radical (unpaired) electrons. The van der Waals surface area contributed by atoms with Crippen molar-refractivity contribution in [2.45, 2.75) is 39.5 Å². The topological polar surface area (TPSA) is 277 Å². The first-order valence-electron chi connectivity index (χ1n) is 14.7. The summed E-state index contributed by atoms with van der Waals surface area (Å²) in [4.78, 5) is 102. The van der Waals surface area contributed by atoms with Crippen LogP contribution in [0.25, 0.3) is 0 Å². The molecule has 3 rings (SSSR count). The van der Waals surface area contributed by atoms with Crippen LogP contribution in [0, 0.1) is 11.8 Å². The van der Waals surface area contributed by atoms with Crippen molar-refractivity contribution in [2.24, 2.45) is 23.6 Å². The third kappa shape index (κ3) is 14.8. The molecule has 19 nitrogen and oxygen atoms in total. The minimum Gasteiger partial charge on any atom is -0.480 e. The van der Waals surface area contributed by atoms with Crippen LogP contribution in [0.15, 0.2) is 48.5 Å². The molecule has 0 spiro atoms. The van der Waals surface area contributed by atoms with Crippen molar-refractivity contribution in [2.75, 3.05) is 19.6 Å². The molecule has 2 atom stereocenters. The SMILES string of the molecule is CC(Cc1ccc(OON)cc1)C(=O)NCC(=O)NCC(=O)NCC(=O)O.CC(Cc1ccc(OON)cc1)C(=O)ON1C(=O)CCC1=O. The van der Waals surface area contributed by atoms with Crippen molar-refractivity contribution in [1.82, 2.24) is 21.0 Å². The average molecular weight is 691 g/mol. The summed E-state index contributed by atoms with van der Waals surface area (Å²) in [5, 5.41) is 15.8. The molecule has 0 aromatic heterocycles. The summed E-state index contributed by atoms with van der Waals surface area (Å²) in [6, 6.07) is 13.5. The molecule has 0 saturated carbocycles. The first kappa shape index (κ1) is 39.5. The summed E-state index contributed by atoms with van der Waals surface area (Å²) < 4.78 is 0. The van der Waals surface area contributed by atoms with Crippen molar-refractivity contribution in [3.05, 3.63) is 59.7 Å². The van der Waals surface area contributed by atoms with Gasteiger partial charge in [0.2, 0.25) is 17.7 Å². The van der Waals surface area contributed by atoms with E-state index in [1.54, 1.807) is 62.4 Å². The lowest BCUT2D eigenvalue weighted by molar-refractivity contribution is -0.211. The van der Waals surface area contributed by atoms with E-state index in [0.29, 0.717) is 29.4 Å². The van der Waals surface area contributed by atoms with E-state index < -0.39 is 53.9 Å². The Morgan fingerprint density at radius 3 is 1.59 bits per heavy atom. The van der Waals surface area contributed by atoms with E-state index in [0.717, 1.165) is 11.1 Å². The number of carboxylic acid groups (broad SMARTS) is 1. The summed E-state index contributed by atoms with van der Waals surface area (Å²) in [6.45, 7) is 2.16. The van der Waals surface area contributed by atoms with Crippen LogP contribution in [0.4, 0.5) is 0 Å². The highest BCUT2D eigenvalue weighted by Gasteiger charge is 2.34. The van der Waals surface area contributed by atoms with Gasteiger partial charge in [0, 0.05) is 18.8 Å². The number of carboxylic acids is 1. The first-order chi connectivity index (χ1) is 23.3. The monoisotopic (exact) mass is 690 g/mol. The Morgan fingerprint density at radius 1 is 0.714 bits per heavy atom. The average Bonchev–Trinajstić information content (AvgIpc) is 3.39. The van der Waals surface area contributed by atoms with Crippen molar-refractivity contribution in [3.8, 4) is 11.5 Å². The quantitative estimate of drug-likeness (QED) is 0.0669. The van der Waals surface area contributed by atoms with Gasteiger partial charge in [0.25, 0.3) is 11.8 Å². The molecular formula is C30H38N6O13. The van der Waals surface area contributed by atoms with Crippen molar-refractivity contribution in [3.63, 3.8) is 0 Å². The Hall–Kier alpha value is -5.63. The maximum absolute atomic E-state index is 12.0. The fourth-order valence-electron chi connectivity index (χ4n) is 4.01. The van der Waals surface area contributed by atoms with Crippen molar-refractivity contribution in [1.29, 1.82) is 0 Å². The Bertz CT molecular complexity index is 1440. The maximum atomic E-state index is 12.0. The number of nitrogens with zero attached hydrogens (tertiary/aromatic N) is 1. The molecule has 5 amide bonds. The molecule has 1 aliphatic heterocycles. The Kier molecular flexibility index (Phi) is 16.6. The molecule has 1 heterocycles. The zero-order chi connectivity index (χ0) is 36.3. The number of rotatable bonds is 17. The number of nitrogens with one attached hydrogen (secondary N) is 3. The molecule has 49 heavy (non-hydrogen) atoms. The van der Waals surface area contributed by atoms with Gasteiger partial charge in [0.1, 0.15) is 6.54 Å². The van der Waals surface area contributed by atoms with Gasteiger partial charge in [0.05, 0.1) is 19.0 Å². The third-order valence-electron chi connectivity index (χ3n) is 6.56. The summed E-state index contributed by atoms with van der Waals surface area (Å²) in [5.41, 5.74) is 1.73. The van der Waals surface area contributed by atoms with Gasteiger partial charge < -0.3 is 35.7 Å². The number of hydroxylamine groups is 2. The molecule has 0 aliphatic carbocycles. The highest BCUT2D eigenvalue weighted by Crippen LogP contribution is 2.18. The smallest absolute Gasteiger partial charge is 0.336 e. The fraction of sp³-hybridized carbons (Fsp3) is 0.367. The van der Waals surface area contributed by atoms with E-state index in [2.05, 4.69) is 35.7 Å². The number of carbonyl (C=O) groups is 7. The van der Waals surface area contributed by atoms with Gasteiger partial charge in [-0.2, -0.15) is 11.8 Å². The molecule has 0 bridgehead atoms. The van der Waals surface area contributed by atoms with Crippen LogP contribution in [-0.4, -0.2) is 71.3 Å². The second-order valence-corrected chi connectivity index (χ2v) is 10.5. The standard InChI is InChI=1S/C16H22N4O7.C14H16N2O6/c1-10(6-11-2-4-12(5-3-11)26-27-17)16(25)20-8-14(22)18-7-13(21)19-9-15(23)24;1-9(8-10-2-4-11(5-3-10)21-22-15)14(19)20-16-12(17)6-7-13(16)18/h2-5,10H,6-9,17H2,1H3,(H,18,22)(H,19,21)(H,20,25)(H,23,24);2-5,9H,6-8,15H2,1H3. The largest absolute Gasteiger partial charge is 0.480 e. The highest BCUT2D eigenvalue weighted by molar-refractivity contribution is 6.01. The number of carbonyl (C=O) groups excluding carboxylic acids is 6. The molecular weight excluding hydrogens is 652 g/mol. The lowest BCUT2D eigenvalue weighted by atomic mass is 10.0. The minimum atomic E-state index is -1.19. The van der Waals surface area contributed by atoms with E-state index in [1.807, 2.05) is 0 Å². The van der Waals surface area contributed by atoms with Crippen molar-refractivity contribution >= 4 is 41.5 Å². The van der Waals surface area contributed by atoms with E-state index in [-0.39, 0.29) is 31.8 Å². The van der Waals surface area contributed by atoms with Gasteiger partial charge in [-0.1, -0.05) is 48.1 Å². The van der Waals surface area contributed by atoms with E-state index in [1.165, 1.54) is 0 Å². The summed E-state index contributed by atoms with van der Waals surface area (Å²) in [5.74, 6) is 5.16. The van der Waals surface area contributed by atoms with Crippen LogP contribution >= 0.6 is 0 Å². The number of imide groups is 1. The zero-order valence-corrected chi connectivity index (χ0v) is 26.7. The number of hydrogen-bond acceptors (Lipinski definition) is 14. The molecule has 8 N–H and O–H groups in total. The second-order valence-electron chi connectivity index (χ2n) is 10.5. The van der Waals surface area contributed by atoms with Gasteiger partial charge in [0.15, 0.2) is 11.5 Å².